The maximum Gasteiger partial charge on any atom is 0.338 e. The molecule has 25 heavy (non-hydrogen) atoms. The molecule has 1 aromatic rings. The predicted octanol–water partition coefficient (Wildman–Crippen LogP) is 0.819. The van der Waals surface area contributed by atoms with Gasteiger partial charge in [0.25, 0.3) is 5.91 Å². The zero-order valence-electron chi connectivity index (χ0n) is 14.2. The number of benzene rings is 1. The highest BCUT2D eigenvalue weighted by molar-refractivity contribution is 7.89. The van der Waals surface area contributed by atoms with Gasteiger partial charge in [-0.25, -0.2) is 17.9 Å². The third kappa shape index (κ3) is 5.43. The van der Waals surface area contributed by atoms with Crippen molar-refractivity contribution in [3.05, 3.63) is 23.8 Å². The average Bonchev–Trinajstić information content (AvgIpc) is 3.40. The summed E-state index contributed by atoms with van der Waals surface area (Å²) in [5, 5.41) is 2.58. The van der Waals surface area contributed by atoms with E-state index in [1.165, 1.54) is 25.3 Å². The molecule has 0 heterocycles. The van der Waals surface area contributed by atoms with Crippen LogP contribution in [-0.2, 0) is 19.6 Å². The average molecular weight is 370 g/mol. The highest BCUT2D eigenvalue weighted by Crippen LogP contribution is 2.28. The molecule has 0 atom stereocenters. The van der Waals surface area contributed by atoms with Crippen LogP contribution in [-0.4, -0.2) is 46.6 Å². The summed E-state index contributed by atoms with van der Waals surface area (Å²) in [6, 6.07) is 3.89. The SMILES string of the molecule is CCCNC(=O)COC(=O)c1ccc(OC)c(S(=O)(=O)NC2CC2)c1. The summed E-state index contributed by atoms with van der Waals surface area (Å²) in [7, 11) is -2.45. The standard InChI is InChI=1S/C16H22N2O6S/c1-3-8-17-15(19)10-24-16(20)11-4-7-13(23-2)14(9-11)25(21,22)18-12-5-6-12/h4,7,9,12,18H,3,5-6,8,10H2,1-2H3,(H,17,19). The Morgan fingerprint density at radius 1 is 1.28 bits per heavy atom. The molecule has 9 heteroatoms. The first-order valence-corrected chi connectivity index (χ1v) is 9.50. The molecule has 2 rings (SSSR count). The van der Waals surface area contributed by atoms with Crippen molar-refractivity contribution in [2.24, 2.45) is 0 Å². The monoisotopic (exact) mass is 370 g/mol. The topological polar surface area (TPSA) is 111 Å². The van der Waals surface area contributed by atoms with Crippen molar-refractivity contribution in [3.8, 4) is 5.75 Å². The van der Waals surface area contributed by atoms with Gasteiger partial charge >= 0.3 is 5.97 Å². The minimum atomic E-state index is -3.80. The zero-order chi connectivity index (χ0) is 18.4. The predicted molar refractivity (Wildman–Crippen MR) is 89.9 cm³/mol. The fourth-order valence-corrected chi connectivity index (χ4v) is 3.53. The van der Waals surface area contributed by atoms with Crippen LogP contribution in [0.25, 0.3) is 0 Å². The summed E-state index contributed by atoms with van der Waals surface area (Å²) >= 11 is 0. The smallest absolute Gasteiger partial charge is 0.338 e. The maximum absolute atomic E-state index is 12.4. The fourth-order valence-electron chi connectivity index (χ4n) is 2.03. The van der Waals surface area contributed by atoms with Gasteiger partial charge in [-0.2, -0.15) is 0 Å². The van der Waals surface area contributed by atoms with E-state index in [9.17, 15) is 18.0 Å². The van der Waals surface area contributed by atoms with Crippen LogP contribution in [0.15, 0.2) is 23.1 Å². The molecule has 1 aliphatic carbocycles. The number of rotatable bonds is 9. The van der Waals surface area contributed by atoms with Crippen LogP contribution in [0.1, 0.15) is 36.5 Å². The number of nitrogens with one attached hydrogen (secondary N) is 2. The Labute approximate surface area is 146 Å². The van der Waals surface area contributed by atoms with Gasteiger partial charge in [0.2, 0.25) is 10.0 Å². The molecule has 0 saturated heterocycles. The zero-order valence-corrected chi connectivity index (χ0v) is 15.0. The van der Waals surface area contributed by atoms with Gasteiger partial charge in [-0.1, -0.05) is 6.92 Å². The summed E-state index contributed by atoms with van der Waals surface area (Å²) in [5.74, 6) is -1.06. The molecule has 0 bridgehead atoms. The van der Waals surface area contributed by atoms with E-state index in [0.717, 1.165) is 19.3 Å². The van der Waals surface area contributed by atoms with Gasteiger partial charge in [-0.05, 0) is 37.5 Å². The molecular weight excluding hydrogens is 348 g/mol. The number of sulfonamides is 1. The van der Waals surface area contributed by atoms with Crippen LogP contribution >= 0.6 is 0 Å². The van der Waals surface area contributed by atoms with Crippen molar-refractivity contribution >= 4 is 21.9 Å². The minimum absolute atomic E-state index is 0.0280. The second kappa shape index (κ2) is 8.30. The van der Waals surface area contributed by atoms with E-state index in [2.05, 4.69) is 10.0 Å². The van der Waals surface area contributed by atoms with E-state index in [4.69, 9.17) is 9.47 Å². The molecule has 0 aromatic heterocycles. The van der Waals surface area contributed by atoms with Crippen molar-refractivity contribution in [3.63, 3.8) is 0 Å². The number of hydrogen-bond acceptors (Lipinski definition) is 6. The van der Waals surface area contributed by atoms with Crippen molar-refractivity contribution < 1.29 is 27.5 Å². The largest absolute Gasteiger partial charge is 0.495 e. The highest BCUT2D eigenvalue weighted by Gasteiger charge is 2.30. The first-order chi connectivity index (χ1) is 11.9. The van der Waals surface area contributed by atoms with Gasteiger partial charge in [0, 0.05) is 12.6 Å². The van der Waals surface area contributed by atoms with Gasteiger partial charge in [-0.15, -0.1) is 0 Å². The third-order valence-corrected chi connectivity index (χ3v) is 5.04. The van der Waals surface area contributed by atoms with Gasteiger partial charge in [0.1, 0.15) is 10.6 Å². The van der Waals surface area contributed by atoms with Gasteiger partial charge in [0.15, 0.2) is 6.61 Å². The molecule has 2 N–H and O–H groups in total. The Morgan fingerprint density at radius 2 is 2.00 bits per heavy atom. The second-order valence-electron chi connectivity index (χ2n) is 5.69. The number of hydrogen-bond donors (Lipinski definition) is 2. The number of esters is 1. The molecule has 0 spiro atoms. The molecule has 0 aliphatic heterocycles. The van der Waals surface area contributed by atoms with Crippen molar-refractivity contribution in [1.82, 2.24) is 10.0 Å². The van der Waals surface area contributed by atoms with Crippen molar-refractivity contribution in [1.29, 1.82) is 0 Å². The lowest BCUT2D eigenvalue weighted by atomic mass is 10.2. The molecule has 1 saturated carbocycles. The van der Waals surface area contributed by atoms with Crippen LogP contribution in [0.2, 0.25) is 0 Å². The Kier molecular flexibility index (Phi) is 6.38. The Morgan fingerprint density at radius 3 is 2.60 bits per heavy atom. The van der Waals surface area contributed by atoms with Crippen LogP contribution in [0.5, 0.6) is 5.75 Å². The Hall–Kier alpha value is -2.13. The van der Waals surface area contributed by atoms with Crippen LogP contribution in [0.4, 0.5) is 0 Å². The number of ether oxygens (including phenoxy) is 2. The fraction of sp³-hybridized carbons (Fsp3) is 0.500. The minimum Gasteiger partial charge on any atom is -0.495 e. The molecule has 1 fully saturated rings. The molecule has 8 nitrogen and oxygen atoms in total. The number of carbonyl (C=O) groups is 2. The summed E-state index contributed by atoms with van der Waals surface area (Å²) < 4.78 is 37.4. The van der Waals surface area contributed by atoms with Gasteiger partial charge in [-0.3, -0.25) is 4.79 Å². The molecule has 138 valence electrons. The maximum atomic E-state index is 12.4. The lowest BCUT2D eigenvalue weighted by Crippen LogP contribution is -2.29. The molecule has 1 aromatic carbocycles. The van der Waals surface area contributed by atoms with Crippen LogP contribution < -0.4 is 14.8 Å². The van der Waals surface area contributed by atoms with E-state index in [1.807, 2.05) is 6.92 Å². The van der Waals surface area contributed by atoms with Crippen LogP contribution in [0, 0.1) is 0 Å². The second-order valence-corrected chi connectivity index (χ2v) is 7.37. The normalized spacial score (nSPS) is 14.0. The van der Waals surface area contributed by atoms with E-state index >= 15 is 0 Å². The number of carbonyl (C=O) groups excluding carboxylic acids is 2. The molecule has 1 amide bonds. The van der Waals surface area contributed by atoms with Crippen molar-refractivity contribution in [2.45, 2.75) is 37.1 Å². The summed E-state index contributed by atoms with van der Waals surface area (Å²) in [6.07, 6.45) is 2.35. The van der Waals surface area contributed by atoms with E-state index in [1.54, 1.807) is 0 Å². The van der Waals surface area contributed by atoms with Crippen LogP contribution in [0.3, 0.4) is 0 Å². The van der Waals surface area contributed by atoms with Gasteiger partial charge < -0.3 is 14.8 Å². The Balaban J connectivity index is 2.12. The molecule has 0 radical (unpaired) electrons. The summed E-state index contributed by atoms with van der Waals surface area (Å²) in [4.78, 5) is 23.4. The molecule has 1 aliphatic rings. The number of methoxy groups -OCH3 is 1. The lowest BCUT2D eigenvalue weighted by Gasteiger charge is -2.12. The highest BCUT2D eigenvalue weighted by atomic mass is 32.2. The molecule has 0 unspecified atom stereocenters. The van der Waals surface area contributed by atoms with E-state index in [0.29, 0.717) is 6.54 Å². The van der Waals surface area contributed by atoms with Gasteiger partial charge in [0.05, 0.1) is 12.7 Å². The van der Waals surface area contributed by atoms with Crippen molar-refractivity contribution in [2.75, 3.05) is 20.3 Å². The first-order valence-electron chi connectivity index (χ1n) is 8.01. The van der Waals surface area contributed by atoms with E-state index in [-0.39, 0.29) is 22.3 Å². The first kappa shape index (κ1) is 19.2. The molecular formula is C16H22N2O6S. The number of amides is 1. The summed E-state index contributed by atoms with van der Waals surface area (Å²) in [6.45, 7) is 1.97. The Bertz CT molecular complexity index is 743. The summed E-state index contributed by atoms with van der Waals surface area (Å²) in [5.41, 5.74) is 0.0280. The lowest BCUT2D eigenvalue weighted by molar-refractivity contribution is -0.124. The van der Waals surface area contributed by atoms with E-state index < -0.39 is 28.5 Å². The third-order valence-electron chi connectivity index (χ3n) is 3.49. The quantitative estimate of drug-likeness (QED) is 0.623.